The van der Waals surface area contributed by atoms with Crippen LogP contribution in [0.1, 0.15) is 69.6 Å². The van der Waals surface area contributed by atoms with Crippen molar-refractivity contribution >= 4 is 33.8 Å². The van der Waals surface area contributed by atoms with E-state index in [0.717, 1.165) is 34.7 Å². The molecule has 1 aliphatic carbocycles. The number of nitrogens with one attached hydrogen (secondary N) is 1. The van der Waals surface area contributed by atoms with Gasteiger partial charge in [-0.05, 0) is 67.9 Å². The predicted molar refractivity (Wildman–Crippen MR) is 127 cm³/mol. The fraction of sp³-hybridized carbons (Fsp3) is 0.519. The number of carboxylic acid groups (broad SMARTS) is 1. The molecule has 4 rings (SSSR count). The molecule has 1 amide bonds. The first-order valence-electron chi connectivity index (χ1n) is 12.0. The van der Waals surface area contributed by atoms with Crippen LogP contribution >= 0.6 is 0 Å². The minimum absolute atomic E-state index is 0.0902. The molecule has 0 saturated heterocycles. The predicted octanol–water partition coefficient (Wildman–Crippen LogP) is 3.75. The standard InChI is InChI=1S/C27H33NO6/c1-15-18(9-10-24(29)28-13-16-5-7-17(8-6-16)25(30)31)26(32)34-23-12-22-20(11-19(15)23)21(14-33-22)27(2,3)4/h11-12,14,16-17H,5-10,13H2,1-4H3,(H,28,29)(H,30,31)/p-1. The number of hydrogen-bond donors (Lipinski definition) is 1. The molecule has 7 nitrogen and oxygen atoms in total. The summed E-state index contributed by atoms with van der Waals surface area (Å²) in [7, 11) is 0. The number of carbonyl (C=O) groups is 2. The summed E-state index contributed by atoms with van der Waals surface area (Å²) in [5.74, 6) is -1.19. The van der Waals surface area contributed by atoms with Gasteiger partial charge in [-0.3, -0.25) is 4.79 Å². The molecule has 1 saturated carbocycles. The largest absolute Gasteiger partial charge is 0.550 e. The summed E-state index contributed by atoms with van der Waals surface area (Å²) >= 11 is 0. The molecule has 3 aromatic rings. The Morgan fingerprint density at radius 3 is 2.44 bits per heavy atom. The summed E-state index contributed by atoms with van der Waals surface area (Å²) in [5, 5.41) is 15.8. The van der Waals surface area contributed by atoms with Crippen LogP contribution in [0.3, 0.4) is 0 Å². The number of fused-ring (bicyclic) bond motifs is 2. The molecule has 2 aromatic heterocycles. The molecular weight excluding hydrogens is 434 g/mol. The summed E-state index contributed by atoms with van der Waals surface area (Å²) in [4.78, 5) is 36.1. The third kappa shape index (κ3) is 4.88. The Morgan fingerprint density at radius 2 is 1.79 bits per heavy atom. The molecule has 34 heavy (non-hydrogen) atoms. The van der Waals surface area contributed by atoms with Gasteiger partial charge in [0.15, 0.2) is 0 Å². The Bertz CT molecular complexity index is 1280. The number of aliphatic carboxylic acids is 1. The van der Waals surface area contributed by atoms with E-state index in [2.05, 4.69) is 26.1 Å². The van der Waals surface area contributed by atoms with E-state index in [9.17, 15) is 19.5 Å². The summed E-state index contributed by atoms with van der Waals surface area (Å²) in [6.07, 6.45) is 4.97. The lowest BCUT2D eigenvalue weighted by atomic mass is 9.82. The maximum atomic E-state index is 12.7. The van der Waals surface area contributed by atoms with Crippen LogP contribution in [0.15, 0.2) is 32.0 Å². The highest BCUT2D eigenvalue weighted by Crippen LogP contribution is 2.35. The average molecular weight is 467 g/mol. The number of furan rings is 1. The molecule has 0 unspecified atom stereocenters. The molecule has 0 radical (unpaired) electrons. The van der Waals surface area contributed by atoms with Gasteiger partial charge in [-0.15, -0.1) is 0 Å². The number of amides is 1. The molecule has 0 spiro atoms. The second-order valence-corrected chi connectivity index (χ2v) is 10.6. The first-order valence-corrected chi connectivity index (χ1v) is 12.0. The zero-order chi connectivity index (χ0) is 24.6. The Labute approximate surface area is 198 Å². The van der Waals surface area contributed by atoms with Gasteiger partial charge in [0.1, 0.15) is 11.2 Å². The van der Waals surface area contributed by atoms with E-state index in [4.69, 9.17) is 8.83 Å². The smallest absolute Gasteiger partial charge is 0.339 e. The van der Waals surface area contributed by atoms with Crippen molar-refractivity contribution in [3.63, 3.8) is 0 Å². The fourth-order valence-corrected chi connectivity index (χ4v) is 4.97. The van der Waals surface area contributed by atoms with E-state index in [1.165, 1.54) is 0 Å². The number of rotatable bonds is 6. The number of benzene rings is 1. The first kappa shape index (κ1) is 24.0. The molecule has 1 fully saturated rings. The van der Waals surface area contributed by atoms with Gasteiger partial charge in [0.2, 0.25) is 5.91 Å². The molecule has 7 heteroatoms. The average Bonchev–Trinajstić information content (AvgIpc) is 3.20. The van der Waals surface area contributed by atoms with Crippen molar-refractivity contribution < 1.29 is 23.5 Å². The van der Waals surface area contributed by atoms with Crippen LogP contribution in [0.4, 0.5) is 0 Å². The molecular formula is C27H32NO6-. The highest BCUT2D eigenvalue weighted by Gasteiger charge is 2.23. The molecule has 0 bridgehead atoms. The Morgan fingerprint density at radius 1 is 1.09 bits per heavy atom. The van der Waals surface area contributed by atoms with Gasteiger partial charge in [-0.2, -0.15) is 0 Å². The van der Waals surface area contributed by atoms with Crippen molar-refractivity contribution in [1.29, 1.82) is 0 Å². The van der Waals surface area contributed by atoms with Gasteiger partial charge in [0.05, 0.1) is 6.26 Å². The lowest BCUT2D eigenvalue weighted by Crippen LogP contribution is -2.36. The third-order valence-electron chi connectivity index (χ3n) is 7.16. The highest BCUT2D eigenvalue weighted by molar-refractivity contribution is 5.96. The third-order valence-corrected chi connectivity index (χ3v) is 7.16. The summed E-state index contributed by atoms with van der Waals surface area (Å²) < 4.78 is 11.3. The molecule has 0 atom stereocenters. The van der Waals surface area contributed by atoms with E-state index >= 15 is 0 Å². The van der Waals surface area contributed by atoms with Crippen molar-refractivity contribution in [3.05, 3.63) is 45.5 Å². The number of hydrogen-bond acceptors (Lipinski definition) is 6. The van der Waals surface area contributed by atoms with Gasteiger partial charge in [-0.1, -0.05) is 20.8 Å². The number of carboxylic acids is 1. The van der Waals surface area contributed by atoms with Gasteiger partial charge < -0.3 is 24.1 Å². The lowest BCUT2D eigenvalue weighted by molar-refractivity contribution is -0.312. The van der Waals surface area contributed by atoms with Crippen molar-refractivity contribution in [2.24, 2.45) is 11.8 Å². The monoisotopic (exact) mass is 466 g/mol. The maximum absolute atomic E-state index is 12.7. The molecule has 1 aromatic carbocycles. The van der Waals surface area contributed by atoms with Gasteiger partial charge >= 0.3 is 5.63 Å². The van der Waals surface area contributed by atoms with Gasteiger partial charge in [-0.25, -0.2) is 4.79 Å². The van der Waals surface area contributed by atoms with Crippen LogP contribution in [0.2, 0.25) is 0 Å². The minimum Gasteiger partial charge on any atom is -0.550 e. The normalized spacial score (nSPS) is 18.9. The zero-order valence-electron chi connectivity index (χ0n) is 20.3. The fourth-order valence-electron chi connectivity index (χ4n) is 4.97. The van der Waals surface area contributed by atoms with Crippen molar-refractivity contribution in [2.45, 2.75) is 71.6 Å². The van der Waals surface area contributed by atoms with E-state index in [0.29, 0.717) is 42.5 Å². The van der Waals surface area contributed by atoms with Crippen LogP contribution in [0, 0.1) is 18.8 Å². The van der Waals surface area contributed by atoms with E-state index in [-0.39, 0.29) is 29.6 Å². The summed E-state index contributed by atoms with van der Waals surface area (Å²) in [5.41, 5.74) is 3.06. The number of carbonyl (C=O) groups excluding carboxylic acids is 2. The quantitative estimate of drug-likeness (QED) is 0.554. The Hall–Kier alpha value is -3.09. The first-order chi connectivity index (χ1) is 16.0. The van der Waals surface area contributed by atoms with E-state index < -0.39 is 11.6 Å². The van der Waals surface area contributed by atoms with Gasteiger partial charge in [0.25, 0.3) is 0 Å². The van der Waals surface area contributed by atoms with E-state index in [1.54, 1.807) is 12.3 Å². The van der Waals surface area contributed by atoms with Crippen LogP contribution in [0.25, 0.3) is 21.9 Å². The Balaban J connectivity index is 1.45. The van der Waals surface area contributed by atoms with Crippen LogP contribution in [0.5, 0.6) is 0 Å². The molecule has 1 N–H and O–H groups in total. The van der Waals surface area contributed by atoms with E-state index in [1.807, 2.05) is 13.0 Å². The second kappa shape index (κ2) is 9.28. The van der Waals surface area contributed by atoms with Crippen molar-refractivity contribution in [2.75, 3.05) is 6.54 Å². The van der Waals surface area contributed by atoms with Gasteiger partial charge in [0, 0.05) is 46.9 Å². The summed E-state index contributed by atoms with van der Waals surface area (Å²) in [6.45, 7) is 8.79. The highest BCUT2D eigenvalue weighted by atomic mass is 16.4. The van der Waals surface area contributed by atoms with Crippen molar-refractivity contribution in [1.82, 2.24) is 5.32 Å². The second-order valence-electron chi connectivity index (χ2n) is 10.6. The SMILES string of the molecule is Cc1c(CCC(=O)NCC2CCC(C(=O)[O-])CC2)c(=O)oc2cc3occ(C(C)(C)C)c3cc12. The summed E-state index contributed by atoms with van der Waals surface area (Å²) in [6, 6.07) is 3.78. The maximum Gasteiger partial charge on any atom is 0.339 e. The lowest BCUT2D eigenvalue weighted by Gasteiger charge is -2.29. The molecule has 2 heterocycles. The van der Waals surface area contributed by atoms with Crippen LogP contribution in [-0.2, 0) is 21.4 Å². The zero-order valence-corrected chi connectivity index (χ0v) is 20.3. The number of aryl methyl sites for hydroxylation is 1. The van der Waals surface area contributed by atoms with Crippen molar-refractivity contribution in [3.8, 4) is 0 Å². The molecule has 182 valence electrons. The Kier molecular flexibility index (Phi) is 6.56. The minimum atomic E-state index is -0.977. The topological polar surface area (TPSA) is 113 Å². The van der Waals surface area contributed by atoms with Crippen LogP contribution in [-0.4, -0.2) is 18.4 Å². The molecule has 1 aliphatic rings. The molecule has 0 aliphatic heterocycles. The van der Waals surface area contributed by atoms with Crippen LogP contribution < -0.4 is 16.0 Å².